The summed E-state index contributed by atoms with van der Waals surface area (Å²) in [7, 11) is 0. The van der Waals surface area contributed by atoms with Crippen LogP contribution in [0.2, 0.25) is 0 Å². The molecule has 0 spiro atoms. The molecule has 3 aromatic heterocycles. The molecule has 4 aromatic rings. The van der Waals surface area contributed by atoms with E-state index in [1.54, 1.807) is 11.3 Å². The third-order valence-electron chi connectivity index (χ3n) is 5.19. The molecule has 33 heavy (non-hydrogen) atoms. The predicted octanol–water partition coefficient (Wildman–Crippen LogP) is 4.95. The Balaban J connectivity index is 1.91. The average molecular weight is 482 g/mol. The number of fused-ring (bicyclic) bond motifs is 1. The molecule has 3 heterocycles. The van der Waals surface area contributed by atoms with E-state index in [9.17, 15) is 9.59 Å². The number of carbonyl (C=O) groups excluding carboxylic acids is 1. The van der Waals surface area contributed by atoms with Gasteiger partial charge in [0, 0.05) is 18.1 Å². The van der Waals surface area contributed by atoms with Gasteiger partial charge in [0.2, 0.25) is 4.96 Å². The largest absolute Gasteiger partial charge is 0.426 e. The minimum absolute atomic E-state index is 0.191. The second kappa shape index (κ2) is 8.18. The summed E-state index contributed by atoms with van der Waals surface area (Å²) < 4.78 is 7.63. The molecule has 0 aliphatic carbocycles. The zero-order chi connectivity index (χ0) is 24.1. The summed E-state index contributed by atoms with van der Waals surface area (Å²) in [6, 6.07) is 7.87. The Kier molecular flexibility index (Phi) is 5.78. The molecule has 0 unspecified atom stereocenters. The van der Waals surface area contributed by atoms with Crippen molar-refractivity contribution in [3.8, 4) is 16.5 Å². The molecule has 1 aromatic carbocycles. The van der Waals surface area contributed by atoms with Gasteiger partial charge in [-0.05, 0) is 46.0 Å². The SMILES string of the molecule is CC(=O)Oc1c(C(C)(C)C)cc(C=c2sc3nc(-c4cccs4)nn3c2=O)cc1C(C)(C)C. The van der Waals surface area contributed by atoms with Crippen molar-refractivity contribution < 1.29 is 9.53 Å². The molecule has 6 nitrogen and oxygen atoms in total. The van der Waals surface area contributed by atoms with Crippen LogP contribution in [0.1, 0.15) is 65.2 Å². The number of hydrogen-bond donors (Lipinski definition) is 0. The second-order valence-corrected chi connectivity index (χ2v) is 12.0. The van der Waals surface area contributed by atoms with Crippen LogP contribution < -0.4 is 14.8 Å². The maximum atomic E-state index is 13.1. The van der Waals surface area contributed by atoms with Crippen molar-refractivity contribution in [3.05, 3.63) is 61.2 Å². The lowest BCUT2D eigenvalue weighted by Gasteiger charge is -2.29. The number of carbonyl (C=O) groups is 1. The van der Waals surface area contributed by atoms with Crippen molar-refractivity contribution in [2.75, 3.05) is 0 Å². The van der Waals surface area contributed by atoms with Gasteiger partial charge < -0.3 is 4.74 Å². The Hall–Kier alpha value is -2.84. The fourth-order valence-electron chi connectivity index (χ4n) is 3.60. The topological polar surface area (TPSA) is 73.6 Å². The number of nitrogens with zero attached hydrogens (tertiary/aromatic N) is 3. The number of aromatic nitrogens is 3. The third-order valence-corrected chi connectivity index (χ3v) is 7.02. The fraction of sp³-hybridized carbons (Fsp3) is 0.360. The van der Waals surface area contributed by atoms with Crippen molar-refractivity contribution in [3.63, 3.8) is 0 Å². The van der Waals surface area contributed by atoms with E-state index >= 15 is 0 Å². The number of rotatable bonds is 3. The van der Waals surface area contributed by atoms with Gasteiger partial charge in [0.1, 0.15) is 5.75 Å². The van der Waals surface area contributed by atoms with Gasteiger partial charge in [-0.15, -0.1) is 16.4 Å². The molecule has 4 rings (SSSR count). The summed E-state index contributed by atoms with van der Waals surface area (Å²) in [5.74, 6) is 0.817. The van der Waals surface area contributed by atoms with E-state index in [2.05, 4.69) is 51.6 Å². The standard InChI is InChI=1S/C25H27N3O3S2/c1-14(29)31-20-16(24(2,3)4)11-15(12-17(20)25(5,6)7)13-19-22(30)28-23(33-19)26-21(27-28)18-9-8-10-32-18/h8-13H,1-7H3. The van der Waals surface area contributed by atoms with E-state index < -0.39 is 0 Å². The molecule has 0 amide bonds. The first kappa shape index (κ1) is 23.3. The Morgan fingerprint density at radius 1 is 1.09 bits per heavy atom. The van der Waals surface area contributed by atoms with E-state index in [1.807, 2.05) is 35.7 Å². The van der Waals surface area contributed by atoms with Crippen LogP contribution in [0.25, 0.3) is 21.7 Å². The number of ether oxygens (including phenoxy) is 1. The molecular weight excluding hydrogens is 454 g/mol. The number of thiazole rings is 1. The predicted molar refractivity (Wildman–Crippen MR) is 134 cm³/mol. The van der Waals surface area contributed by atoms with Crippen LogP contribution in [-0.4, -0.2) is 20.6 Å². The second-order valence-electron chi connectivity index (χ2n) is 10.1. The highest BCUT2D eigenvalue weighted by molar-refractivity contribution is 7.15. The van der Waals surface area contributed by atoms with E-state index in [1.165, 1.54) is 22.8 Å². The number of hydrogen-bond acceptors (Lipinski definition) is 7. The van der Waals surface area contributed by atoms with Gasteiger partial charge in [0.05, 0.1) is 9.41 Å². The molecule has 0 atom stereocenters. The molecule has 0 fully saturated rings. The Morgan fingerprint density at radius 2 is 1.73 bits per heavy atom. The van der Waals surface area contributed by atoms with Crippen LogP contribution in [0.3, 0.4) is 0 Å². The third kappa shape index (κ3) is 4.63. The van der Waals surface area contributed by atoms with Crippen LogP contribution in [0.4, 0.5) is 0 Å². The molecule has 0 aliphatic rings. The highest BCUT2D eigenvalue weighted by Crippen LogP contribution is 2.41. The van der Waals surface area contributed by atoms with Crippen LogP contribution >= 0.6 is 22.7 Å². The summed E-state index contributed by atoms with van der Waals surface area (Å²) in [5.41, 5.74) is 1.99. The molecular formula is C25H27N3O3S2. The van der Waals surface area contributed by atoms with E-state index in [0.29, 0.717) is 21.1 Å². The smallest absolute Gasteiger partial charge is 0.308 e. The summed E-state index contributed by atoms with van der Waals surface area (Å²) in [5, 5.41) is 6.37. The maximum Gasteiger partial charge on any atom is 0.308 e. The monoisotopic (exact) mass is 481 g/mol. The highest BCUT2D eigenvalue weighted by atomic mass is 32.1. The van der Waals surface area contributed by atoms with E-state index in [4.69, 9.17) is 4.74 Å². The summed E-state index contributed by atoms with van der Waals surface area (Å²) >= 11 is 2.86. The van der Waals surface area contributed by atoms with Gasteiger partial charge in [0.25, 0.3) is 5.56 Å². The summed E-state index contributed by atoms with van der Waals surface area (Å²) in [6.07, 6.45) is 1.87. The van der Waals surface area contributed by atoms with Gasteiger partial charge in [-0.3, -0.25) is 9.59 Å². The van der Waals surface area contributed by atoms with Crippen LogP contribution in [0.15, 0.2) is 34.4 Å². The number of benzene rings is 1. The van der Waals surface area contributed by atoms with Crippen LogP contribution in [0.5, 0.6) is 5.75 Å². The lowest BCUT2D eigenvalue weighted by Crippen LogP contribution is -2.24. The van der Waals surface area contributed by atoms with Crippen molar-refractivity contribution in [1.82, 2.24) is 14.6 Å². The van der Waals surface area contributed by atoms with Gasteiger partial charge in [0.15, 0.2) is 5.82 Å². The number of thiophene rings is 1. The maximum absolute atomic E-state index is 13.1. The first-order valence-electron chi connectivity index (χ1n) is 10.7. The zero-order valence-electron chi connectivity index (χ0n) is 19.8. The van der Waals surface area contributed by atoms with Gasteiger partial charge in [-0.25, -0.2) is 0 Å². The Bertz CT molecular complexity index is 1410. The summed E-state index contributed by atoms with van der Waals surface area (Å²) in [6.45, 7) is 13.9. The lowest BCUT2D eigenvalue weighted by atomic mass is 9.78. The van der Waals surface area contributed by atoms with Crippen molar-refractivity contribution in [2.45, 2.75) is 59.3 Å². The van der Waals surface area contributed by atoms with Crippen LogP contribution in [-0.2, 0) is 15.6 Å². The Morgan fingerprint density at radius 3 is 2.21 bits per heavy atom. The molecule has 172 valence electrons. The van der Waals surface area contributed by atoms with Gasteiger partial charge in [-0.1, -0.05) is 58.9 Å². The number of esters is 1. The van der Waals surface area contributed by atoms with Gasteiger partial charge in [-0.2, -0.15) is 9.50 Å². The molecule has 0 aliphatic heterocycles. The van der Waals surface area contributed by atoms with E-state index in [-0.39, 0.29) is 22.4 Å². The fourth-order valence-corrected chi connectivity index (χ4v) is 5.16. The quantitative estimate of drug-likeness (QED) is 0.306. The molecule has 0 saturated heterocycles. The van der Waals surface area contributed by atoms with Crippen molar-refractivity contribution in [1.29, 1.82) is 0 Å². The average Bonchev–Trinajstić information content (AvgIpc) is 3.39. The van der Waals surface area contributed by atoms with E-state index in [0.717, 1.165) is 21.6 Å². The van der Waals surface area contributed by atoms with Gasteiger partial charge >= 0.3 is 5.97 Å². The molecule has 8 heteroatoms. The molecule has 0 N–H and O–H groups in total. The highest BCUT2D eigenvalue weighted by Gasteiger charge is 2.28. The van der Waals surface area contributed by atoms with Crippen LogP contribution in [0, 0.1) is 0 Å². The minimum atomic E-state index is -0.350. The minimum Gasteiger partial charge on any atom is -0.426 e. The molecule has 0 radical (unpaired) electrons. The first-order valence-corrected chi connectivity index (χ1v) is 12.4. The van der Waals surface area contributed by atoms with Crippen molar-refractivity contribution in [2.24, 2.45) is 0 Å². The first-order chi connectivity index (χ1) is 15.3. The summed E-state index contributed by atoms with van der Waals surface area (Å²) in [4.78, 5) is 31.0. The Labute approximate surface area is 200 Å². The lowest BCUT2D eigenvalue weighted by molar-refractivity contribution is -0.132. The molecule has 0 bridgehead atoms. The molecule has 0 saturated carbocycles. The normalized spacial score (nSPS) is 13.1. The van der Waals surface area contributed by atoms with Crippen molar-refractivity contribution >= 4 is 39.7 Å². The zero-order valence-corrected chi connectivity index (χ0v) is 21.5.